The van der Waals surface area contributed by atoms with Gasteiger partial charge in [0.2, 0.25) is 0 Å². The second-order valence-electron chi connectivity index (χ2n) is 7.84. The van der Waals surface area contributed by atoms with E-state index in [2.05, 4.69) is 41.9 Å². The lowest BCUT2D eigenvalue weighted by Gasteiger charge is -2.36. The van der Waals surface area contributed by atoms with Crippen molar-refractivity contribution in [1.29, 1.82) is 0 Å². The smallest absolute Gasteiger partial charge is 0.127 e. The summed E-state index contributed by atoms with van der Waals surface area (Å²) in [5.74, 6) is 0.776. The Hall–Kier alpha value is -2.47. The molecule has 152 valence electrons. The Balaban J connectivity index is 1.52. The van der Waals surface area contributed by atoms with Crippen LogP contribution in [0.2, 0.25) is 0 Å². The van der Waals surface area contributed by atoms with Gasteiger partial charge in [-0.2, -0.15) is 0 Å². The molecule has 0 amide bonds. The molecular formula is C24H28N2O3. The molecule has 0 bridgehead atoms. The summed E-state index contributed by atoms with van der Waals surface area (Å²) < 4.78 is 11.9. The van der Waals surface area contributed by atoms with Crippen molar-refractivity contribution in [2.45, 2.75) is 32.2 Å². The van der Waals surface area contributed by atoms with Gasteiger partial charge in [-0.05, 0) is 48.4 Å². The fraction of sp³-hybridized carbons (Fsp3) is 0.375. The fourth-order valence-corrected chi connectivity index (χ4v) is 4.16. The second-order valence-corrected chi connectivity index (χ2v) is 7.84. The fourth-order valence-electron chi connectivity index (χ4n) is 4.16. The van der Waals surface area contributed by atoms with Crippen molar-refractivity contribution in [2.75, 3.05) is 26.2 Å². The van der Waals surface area contributed by atoms with Crippen molar-refractivity contribution < 1.29 is 14.6 Å². The van der Waals surface area contributed by atoms with E-state index in [9.17, 15) is 5.11 Å². The Bertz CT molecular complexity index is 937. The number of aliphatic hydroxyl groups excluding tert-OH is 1. The largest absolute Gasteiger partial charge is 0.490 e. The predicted octanol–water partition coefficient (Wildman–Crippen LogP) is 3.75. The highest BCUT2D eigenvalue weighted by Crippen LogP contribution is 2.37. The Kier molecular flexibility index (Phi) is 6.09. The number of ether oxygens (including phenoxy) is 2. The molecule has 0 spiro atoms. The molecule has 0 saturated carbocycles. The highest BCUT2D eigenvalue weighted by Gasteiger charge is 2.24. The summed E-state index contributed by atoms with van der Waals surface area (Å²) >= 11 is 0. The Morgan fingerprint density at radius 2 is 1.79 bits per heavy atom. The molecule has 3 aromatic rings. The molecule has 4 rings (SSSR count). The SMILES string of the molecule is C[C@@H]1CN(CC(O)COc2ccc3ccccc3c2-c2ccncc2)C[C@H](C)O1. The minimum atomic E-state index is -0.565. The van der Waals surface area contributed by atoms with Crippen molar-refractivity contribution in [3.05, 3.63) is 60.9 Å². The highest BCUT2D eigenvalue weighted by atomic mass is 16.5. The van der Waals surface area contributed by atoms with E-state index in [1.54, 1.807) is 12.4 Å². The zero-order valence-electron chi connectivity index (χ0n) is 17.0. The summed E-state index contributed by atoms with van der Waals surface area (Å²) in [4.78, 5) is 6.38. The summed E-state index contributed by atoms with van der Waals surface area (Å²) in [7, 11) is 0. The molecule has 1 unspecified atom stereocenters. The zero-order chi connectivity index (χ0) is 20.2. The van der Waals surface area contributed by atoms with E-state index in [-0.39, 0.29) is 18.8 Å². The van der Waals surface area contributed by atoms with Crippen molar-refractivity contribution in [2.24, 2.45) is 0 Å². The van der Waals surface area contributed by atoms with E-state index >= 15 is 0 Å². The highest BCUT2D eigenvalue weighted by molar-refractivity contribution is 5.99. The number of benzene rings is 2. The van der Waals surface area contributed by atoms with Gasteiger partial charge in [-0.25, -0.2) is 0 Å². The van der Waals surface area contributed by atoms with E-state index < -0.39 is 6.10 Å². The first-order chi connectivity index (χ1) is 14.1. The Morgan fingerprint density at radius 3 is 2.55 bits per heavy atom. The summed E-state index contributed by atoms with van der Waals surface area (Å²) in [5, 5.41) is 12.9. The first-order valence-electron chi connectivity index (χ1n) is 10.2. The Labute approximate surface area is 171 Å². The van der Waals surface area contributed by atoms with Crippen LogP contribution in [0.1, 0.15) is 13.8 Å². The third-order valence-corrected chi connectivity index (χ3v) is 5.26. The molecular weight excluding hydrogens is 364 g/mol. The molecule has 0 aliphatic carbocycles. The number of hydrogen-bond donors (Lipinski definition) is 1. The first-order valence-corrected chi connectivity index (χ1v) is 10.2. The molecule has 2 heterocycles. The van der Waals surface area contributed by atoms with Gasteiger partial charge in [-0.3, -0.25) is 9.88 Å². The van der Waals surface area contributed by atoms with E-state index in [1.165, 1.54) is 0 Å². The molecule has 5 nitrogen and oxygen atoms in total. The van der Waals surface area contributed by atoms with E-state index in [0.29, 0.717) is 6.54 Å². The van der Waals surface area contributed by atoms with Gasteiger partial charge in [0, 0.05) is 37.6 Å². The van der Waals surface area contributed by atoms with Crippen molar-refractivity contribution >= 4 is 10.8 Å². The average molecular weight is 392 g/mol. The molecule has 1 saturated heterocycles. The molecule has 3 atom stereocenters. The van der Waals surface area contributed by atoms with Crippen LogP contribution in [-0.4, -0.2) is 59.5 Å². The number of hydrogen-bond acceptors (Lipinski definition) is 5. The zero-order valence-corrected chi connectivity index (χ0v) is 17.0. The number of nitrogens with zero attached hydrogens (tertiary/aromatic N) is 2. The first kappa shape index (κ1) is 19.8. The van der Waals surface area contributed by atoms with Crippen molar-refractivity contribution in [3.63, 3.8) is 0 Å². The van der Waals surface area contributed by atoms with Crippen LogP contribution in [0.3, 0.4) is 0 Å². The van der Waals surface area contributed by atoms with Crippen LogP contribution < -0.4 is 4.74 Å². The molecule has 1 aliphatic rings. The van der Waals surface area contributed by atoms with Crippen molar-refractivity contribution in [3.8, 4) is 16.9 Å². The third kappa shape index (κ3) is 4.75. The molecule has 29 heavy (non-hydrogen) atoms. The van der Waals surface area contributed by atoms with Crippen LogP contribution in [0, 0.1) is 0 Å². The molecule has 1 N–H and O–H groups in total. The number of fused-ring (bicyclic) bond motifs is 1. The normalized spacial score (nSPS) is 21.2. The maximum atomic E-state index is 10.6. The number of β-amino-alcohol motifs (C(OH)–C–C–N with tert-alkyl or cyclic N) is 1. The number of rotatable bonds is 6. The second kappa shape index (κ2) is 8.91. The lowest BCUT2D eigenvalue weighted by atomic mass is 9.98. The quantitative estimate of drug-likeness (QED) is 0.692. The lowest BCUT2D eigenvalue weighted by molar-refractivity contribution is -0.0786. The predicted molar refractivity (Wildman–Crippen MR) is 115 cm³/mol. The third-order valence-electron chi connectivity index (χ3n) is 5.26. The molecule has 1 aliphatic heterocycles. The van der Waals surface area contributed by atoms with Gasteiger partial charge >= 0.3 is 0 Å². The van der Waals surface area contributed by atoms with Crippen LogP contribution in [0.4, 0.5) is 0 Å². The lowest BCUT2D eigenvalue weighted by Crippen LogP contribution is -2.48. The monoisotopic (exact) mass is 392 g/mol. The van der Waals surface area contributed by atoms with Crippen LogP contribution >= 0.6 is 0 Å². The number of pyridine rings is 1. The summed E-state index contributed by atoms with van der Waals surface area (Å²) in [5.41, 5.74) is 2.09. The van der Waals surface area contributed by atoms with E-state index in [1.807, 2.05) is 30.3 Å². The minimum absolute atomic E-state index is 0.186. The van der Waals surface area contributed by atoms with Gasteiger partial charge in [0.15, 0.2) is 0 Å². The van der Waals surface area contributed by atoms with Gasteiger partial charge in [0.1, 0.15) is 18.5 Å². The van der Waals surface area contributed by atoms with Gasteiger partial charge in [0.05, 0.1) is 12.2 Å². The number of morpholine rings is 1. The standard InChI is InChI=1S/C24H28N2O3/c1-17-13-26(14-18(2)29-17)15-21(27)16-28-23-8-7-19-5-3-4-6-22(19)24(23)20-9-11-25-12-10-20/h3-12,17-18,21,27H,13-16H2,1-2H3/t17-,18+,21?. The topological polar surface area (TPSA) is 54.8 Å². The molecule has 0 radical (unpaired) electrons. The van der Waals surface area contributed by atoms with Gasteiger partial charge in [-0.1, -0.05) is 30.3 Å². The van der Waals surface area contributed by atoms with E-state index in [0.717, 1.165) is 40.7 Å². The Morgan fingerprint density at radius 1 is 1.07 bits per heavy atom. The van der Waals surface area contributed by atoms with Crippen LogP contribution in [-0.2, 0) is 4.74 Å². The van der Waals surface area contributed by atoms with Gasteiger partial charge < -0.3 is 14.6 Å². The summed E-state index contributed by atoms with van der Waals surface area (Å²) in [6.07, 6.45) is 3.38. The number of aliphatic hydroxyl groups is 1. The van der Waals surface area contributed by atoms with Crippen LogP contribution in [0.5, 0.6) is 5.75 Å². The maximum Gasteiger partial charge on any atom is 0.127 e. The maximum absolute atomic E-state index is 10.6. The van der Waals surface area contributed by atoms with Crippen molar-refractivity contribution in [1.82, 2.24) is 9.88 Å². The van der Waals surface area contributed by atoms with Gasteiger partial charge in [0.25, 0.3) is 0 Å². The summed E-state index contributed by atoms with van der Waals surface area (Å²) in [6.45, 7) is 6.63. The minimum Gasteiger partial charge on any atom is -0.490 e. The molecule has 1 aromatic heterocycles. The number of aromatic nitrogens is 1. The van der Waals surface area contributed by atoms with Crippen LogP contribution in [0.25, 0.3) is 21.9 Å². The average Bonchev–Trinajstić information content (AvgIpc) is 2.71. The molecule has 5 heteroatoms. The van der Waals surface area contributed by atoms with Gasteiger partial charge in [-0.15, -0.1) is 0 Å². The van der Waals surface area contributed by atoms with Crippen LogP contribution in [0.15, 0.2) is 60.9 Å². The summed E-state index contributed by atoms with van der Waals surface area (Å²) in [6, 6.07) is 16.3. The molecule has 2 aromatic carbocycles. The molecule has 1 fully saturated rings. The van der Waals surface area contributed by atoms with E-state index in [4.69, 9.17) is 9.47 Å².